The van der Waals surface area contributed by atoms with Crippen LogP contribution in [0, 0.1) is 11.6 Å². The number of anilines is 1. The number of carbonyl (C=O) groups is 1. The molecule has 4 aromatic rings. The molecule has 2 aromatic heterocycles. The van der Waals surface area contributed by atoms with E-state index >= 15 is 0 Å². The summed E-state index contributed by atoms with van der Waals surface area (Å²) in [5.41, 5.74) is 5.97. The van der Waals surface area contributed by atoms with E-state index in [-0.39, 0.29) is 22.8 Å². The summed E-state index contributed by atoms with van der Waals surface area (Å²) in [6, 6.07) is 6.23. The Morgan fingerprint density at radius 2 is 1.79 bits per heavy atom. The summed E-state index contributed by atoms with van der Waals surface area (Å²) in [4.78, 5) is 14.7. The van der Waals surface area contributed by atoms with Crippen molar-refractivity contribution >= 4 is 11.8 Å². The van der Waals surface area contributed by atoms with E-state index in [2.05, 4.69) is 25.6 Å². The largest absolute Gasteiger partial charge is 0.415 e. The van der Waals surface area contributed by atoms with Crippen molar-refractivity contribution < 1.29 is 36.2 Å². The summed E-state index contributed by atoms with van der Waals surface area (Å²) in [5.74, 6) is -3.19. The van der Waals surface area contributed by atoms with Crippen molar-refractivity contribution in [2.24, 2.45) is 0 Å². The van der Waals surface area contributed by atoms with Crippen LogP contribution in [0.5, 0.6) is 5.75 Å². The van der Waals surface area contributed by atoms with Gasteiger partial charge in [-0.15, -0.1) is 20.4 Å². The zero-order valence-corrected chi connectivity index (χ0v) is 19.4. The number of rotatable bonds is 6. The summed E-state index contributed by atoms with van der Waals surface area (Å²) < 4.78 is 69.9. The molecule has 0 atom stereocenters. The molecule has 0 spiro atoms. The molecule has 0 bridgehead atoms. The van der Waals surface area contributed by atoms with Crippen LogP contribution in [0.25, 0.3) is 22.8 Å². The first-order valence-corrected chi connectivity index (χ1v) is 11.1. The van der Waals surface area contributed by atoms with Crippen LogP contribution in [-0.2, 0) is 11.3 Å². The number of carbonyl (C=O) groups excluding carboxylic acids is 1. The number of amides is 1. The van der Waals surface area contributed by atoms with Crippen LogP contribution in [0.1, 0.15) is 17.9 Å². The molecule has 1 aliphatic heterocycles. The van der Waals surface area contributed by atoms with E-state index in [1.807, 2.05) is 0 Å². The third kappa shape index (κ3) is 5.24. The van der Waals surface area contributed by atoms with E-state index in [0.717, 1.165) is 16.9 Å². The lowest BCUT2D eigenvalue weighted by atomic mass is 10.1. The summed E-state index contributed by atoms with van der Waals surface area (Å²) in [7, 11) is 0. The van der Waals surface area contributed by atoms with E-state index < -0.39 is 48.0 Å². The number of morpholine rings is 1. The number of aromatic nitrogens is 6. The van der Waals surface area contributed by atoms with Gasteiger partial charge in [0, 0.05) is 29.8 Å². The van der Waals surface area contributed by atoms with Crippen LogP contribution in [0.4, 0.5) is 28.0 Å². The van der Waals surface area contributed by atoms with Crippen molar-refractivity contribution in [2.45, 2.75) is 13.0 Å². The SMILES string of the molecule is Nc1cc(-c2nnn(Cc3c(F)cc(-c4nnc(C(F)F)o4)cc3F)n2)ccc1OC(=O)N1CCOCC1. The van der Waals surface area contributed by atoms with Crippen LogP contribution >= 0.6 is 0 Å². The van der Waals surface area contributed by atoms with Gasteiger partial charge in [-0.05, 0) is 35.5 Å². The molecule has 3 heterocycles. The molecule has 16 heteroatoms. The maximum atomic E-state index is 14.7. The maximum absolute atomic E-state index is 14.7. The van der Waals surface area contributed by atoms with Gasteiger partial charge in [-0.1, -0.05) is 0 Å². The third-order valence-corrected chi connectivity index (χ3v) is 5.50. The number of tetrazole rings is 1. The smallest absolute Gasteiger partial charge is 0.415 e. The highest BCUT2D eigenvalue weighted by atomic mass is 19.3. The Labute approximate surface area is 210 Å². The van der Waals surface area contributed by atoms with Gasteiger partial charge in [0.05, 0.1) is 25.4 Å². The van der Waals surface area contributed by atoms with Crippen molar-refractivity contribution in [2.75, 3.05) is 32.0 Å². The summed E-state index contributed by atoms with van der Waals surface area (Å²) in [5, 5.41) is 18.3. The predicted molar refractivity (Wildman–Crippen MR) is 120 cm³/mol. The Morgan fingerprint density at radius 1 is 1.05 bits per heavy atom. The molecule has 198 valence electrons. The number of hydrogen-bond acceptors (Lipinski definition) is 10. The van der Waals surface area contributed by atoms with E-state index in [4.69, 9.17) is 19.6 Å². The van der Waals surface area contributed by atoms with Crippen LogP contribution in [0.15, 0.2) is 34.7 Å². The molecule has 0 radical (unpaired) electrons. The Balaban J connectivity index is 1.29. The van der Waals surface area contributed by atoms with Gasteiger partial charge in [-0.3, -0.25) is 0 Å². The topological polar surface area (TPSA) is 147 Å². The van der Waals surface area contributed by atoms with E-state index in [0.29, 0.717) is 31.9 Å². The number of ether oxygens (including phenoxy) is 2. The number of halogens is 4. The quantitative estimate of drug-likeness (QED) is 0.289. The highest BCUT2D eigenvalue weighted by molar-refractivity contribution is 5.75. The van der Waals surface area contributed by atoms with E-state index in [9.17, 15) is 22.4 Å². The van der Waals surface area contributed by atoms with Crippen LogP contribution in [0.2, 0.25) is 0 Å². The number of nitrogens with two attached hydrogens (primary N) is 1. The van der Waals surface area contributed by atoms with Crippen LogP contribution in [0.3, 0.4) is 0 Å². The number of hydrogen-bond donors (Lipinski definition) is 1. The monoisotopic (exact) mass is 534 g/mol. The Bertz CT molecular complexity index is 1450. The molecule has 1 fully saturated rings. The van der Waals surface area contributed by atoms with Crippen molar-refractivity contribution in [1.82, 2.24) is 35.3 Å². The number of nitrogens with zero attached hydrogens (tertiary/aromatic N) is 7. The van der Waals surface area contributed by atoms with Gasteiger partial charge in [0.1, 0.15) is 11.6 Å². The Morgan fingerprint density at radius 3 is 2.45 bits per heavy atom. The average molecular weight is 534 g/mol. The average Bonchev–Trinajstić information content (AvgIpc) is 3.58. The van der Waals surface area contributed by atoms with E-state index in [1.54, 1.807) is 6.07 Å². The Kier molecular flexibility index (Phi) is 6.87. The normalized spacial score (nSPS) is 13.8. The molecule has 5 rings (SSSR count). The van der Waals surface area contributed by atoms with Gasteiger partial charge in [-0.25, -0.2) is 13.6 Å². The first-order valence-electron chi connectivity index (χ1n) is 11.1. The minimum absolute atomic E-state index is 0.102. The fourth-order valence-electron chi connectivity index (χ4n) is 3.57. The summed E-state index contributed by atoms with van der Waals surface area (Å²) in [6.07, 6.45) is -3.57. The number of nitrogen functional groups attached to an aromatic ring is 1. The molecule has 0 unspecified atom stereocenters. The molecule has 1 aliphatic rings. The third-order valence-electron chi connectivity index (χ3n) is 5.50. The lowest BCUT2D eigenvalue weighted by Crippen LogP contribution is -2.42. The molecule has 2 N–H and O–H groups in total. The van der Waals surface area contributed by atoms with Gasteiger partial charge in [0.15, 0.2) is 5.75 Å². The molecule has 38 heavy (non-hydrogen) atoms. The van der Waals surface area contributed by atoms with E-state index in [1.165, 1.54) is 17.0 Å². The van der Waals surface area contributed by atoms with Crippen molar-refractivity contribution in [1.29, 1.82) is 0 Å². The van der Waals surface area contributed by atoms with Gasteiger partial charge in [0.2, 0.25) is 11.7 Å². The maximum Gasteiger partial charge on any atom is 0.415 e. The molecule has 0 aliphatic carbocycles. The van der Waals surface area contributed by atoms with Gasteiger partial charge in [0.25, 0.3) is 5.89 Å². The second-order valence-electron chi connectivity index (χ2n) is 8.03. The highest BCUT2D eigenvalue weighted by Crippen LogP contribution is 2.29. The molecular weight excluding hydrogens is 516 g/mol. The molecule has 1 amide bonds. The zero-order chi connectivity index (χ0) is 26.8. The first-order chi connectivity index (χ1) is 18.3. The van der Waals surface area contributed by atoms with Crippen molar-refractivity contribution in [3.63, 3.8) is 0 Å². The zero-order valence-electron chi connectivity index (χ0n) is 19.4. The van der Waals surface area contributed by atoms with Crippen LogP contribution in [-0.4, -0.2) is 67.7 Å². The summed E-state index contributed by atoms with van der Waals surface area (Å²) >= 11 is 0. The predicted octanol–water partition coefficient (Wildman–Crippen LogP) is 3.07. The minimum atomic E-state index is -3.02. The van der Waals surface area contributed by atoms with Gasteiger partial charge < -0.3 is 24.5 Å². The summed E-state index contributed by atoms with van der Waals surface area (Å²) in [6.45, 7) is 1.23. The van der Waals surface area contributed by atoms with Crippen molar-refractivity contribution in [3.05, 3.63) is 53.4 Å². The van der Waals surface area contributed by atoms with Crippen LogP contribution < -0.4 is 10.5 Å². The second-order valence-corrected chi connectivity index (χ2v) is 8.03. The standard InChI is InChI=1S/C22H18F4N8O4/c23-14-7-12(20-29-30-21(38-20)18(25)26)8-15(24)13(14)10-34-31-19(28-32-34)11-1-2-17(16(27)9-11)37-22(35)33-3-5-36-6-4-33/h1-2,7-9,18H,3-6,10,27H2. The molecule has 0 saturated carbocycles. The van der Waals surface area contributed by atoms with Crippen molar-refractivity contribution in [3.8, 4) is 28.6 Å². The number of alkyl halides is 2. The second kappa shape index (κ2) is 10.4. The highest BCUT2D eigenvalue weighted by Gasteiger charge is 2.22. The fourth-order valence-corrected chi connectivity index (χ4v) is 3.57. The minimum Gasteiger partial charge on any atom is -0.415 e. The molecular formula is C22H18F4N8O4. The first kappa shape index (κ1) is 25.1. The lowest BCUT2D eigenvalue weighted by Gasteiger charge is -2.26. The molecule has 2 aromatic carbocycles. The Hall–Kier alpha value is -4.60. The fraction of sp³-hybridized carbons (Fsp3) is 0.273. The molecule has 12 nitrogen and oxygen atoms in total. The lowest BCUT2D eigenvalue weighted by molar-refractivity contribution is 0.0416. The molecule has 1 saturated heterocycles. The van der Waals surface area contributed by atoms with Gasteiger partial charge in [-0.2, -0.15) is 13.6 Å². The van der Waals surface area contributed by atoms with Gasteiger partial charge >= 0.3 is 12.5 Å². The number of benzene rings is 2.